The first-order valence-electron chi connectivity index (χ1n) is 10.1. The number of benzene rings is 4. The Morgan fingerprint density at radius 2 is 1.33 bits per heavy atom. The van der Waals surface area contributed by atoms with Gasteiger partial charge in [0, 0.05) is 11.4 Å². The van der Waals surface area contributed by atoms with E-state index in [0.29, 0.717) is 6.54 Å². The number of nitrogens with zero attached hydrogens (tertiary/aromatic N) is 2. The molecule has 0 N–H and O–H groups in total. The molecule has 0 spiro atoms. The first-order valence-corrected chi connectivity index (χ1v) is 10.5. The van der Waals surface area contributed by atoms with Gasteiger partial charge in [-0.15, -0.1) is 0 Å². The van der Waals surface area contributed by atoms with Gasteiger partial charge in [-0.25, -0.2) is 4.98 Å². The van der Waals surface area contributed by atoms with Crippen LogP contribution < -0.4 is 0 Å². The minimum atomic E-state index is 0.706. The fourth-order valence-electron chi connectivity index (χ4n) is 3.86. The standard InChI is InChI=1S/C27H21ClN2/c28-24-11-5-4-10-23(24)19-30-26-13-7-6-12-25(26)29-27(30)18-20-14-16-22(17-15-20)21-8-2-1-3-9-21/h1-17H,18-19H2. The molecule has 1 aromatic heterocycles. The van der Waals surface area contributed by atoms with Crippen molar-refractivity contribution in [1.29, 1.82) is 0 Å². The fraction of sp³-hybridized carbons (Fsp3) is 0.0741. The molecule has 0 saturated heterocycles. The van der Waals surface area contributed by atoms with Crippen LogP contribution in [-0.4, -0.2) is 9.55 Å². The second-order valence-electron chi connectivity index (χ2n) is 7.43. The molecule has 3 heteroatoms. The van der Waals surface area contributed by atoms with Gasteiger partial charge in [0.15, 0.2) is 0 Å². The molecule has 2 nitrogen and oxygen atoms in total. The van der Waals surface area contributed by atoms with Crippen molar-refractivity contribution in [3.05, 3.63) is 125 Å². The van der Waals surface area contributed by atoms with E-state index >= 15 is 0 Å². The van der Waals surface area contributed by atoms with Crippen LogP contribution in [0.25, 0.3) is 22.2 Å². The highest BCUT2D eigenvalue weighted by Gasteiger charge is 2.13. The fourth-order valence-corrected chi connectivity index (χ4v) is 4.06. The van der Waals surface area contributed by atoms with Crippen LogP contribution in [0.3, 0.4) is 0 Å². The third-order valence-electron chi connectivity index (χ3n) is 5.44. The minimum absolute atomic E-state index is 0.706. The maximum atomic E-state index is 6.45. The van der Waals surface area contributed by atoms with Crippen LogP contribution in [0.15, 0.2) is 103 Å². The first-order chi connectivity index (χ1) is 14.8. The number of para-hydroxylation sites is 2. The van der Waals surface area contributed by atoms with Gasteiger partial charge in [-0.05, 0) is 40.5 Å². The largest absolute Gasteiger partial charge is 0.323 e. The number of imidazole rings is 1. The van der Waals surface area contributed by atoms with E-state index in [9.17, 15) is 0 Å². The lowest BCUT2D eigenvalue weighted by molar-refractivity contribution is 0.762. The Morgan fingerprint density at radius 1 is 0.667 bits per heavy atom. The molecule has 0 bridgehead atoms. The van der Waals surface area contributed by atoms with Crippen molar-refractivity contribution in [1.82, 2.24) is 9.55 Å². The van der Waals surface area contributed by atoms with E-state index in [-0.39, 0.29) is 0 Å². The van der Waals surface area contributed by atoms with E-state index in [0.717, 1.165) is 33.9 Å². The predicted molar refractivity (Wildman–Crippen MR) is 125 cm³/mol. The lowest BCUT2D eigenvalue weighted by atomic mass is 10.0. The van der Waals surface area contributed by atoms with Gasteiger partial charge < -0.3 is 4.57 Å². The predicted octanol–water partition coefficient (Wildman–Crippen LogP) is 7.00. The number of hydrogen-bond acceptors (Lipinski definition) is 1. The summed E-state index contributed by atoms with van der Waals surface area (Å²) in [5.41, 5.74) is 6.95. The van der Waals surface area contributed by atoms with Gasteiger partial charge in [0.1, 0.15) is 5.82 Å². The summed E-state index contributed by atoms with van der Waals surface area (Å²) in [7, 11) is 0. The van der Waals surface area contributed by atoms with Gasteiger partial charge in [-0.2, -0.15) is 0 Å². The second kappa shape index (κ2) is 8.17. The van der Waals surface area contributed by atoms with Crippen LogP contribution >= 0.6 is 11.6 Å². The molecule has 146 valence electrons. The van der Waals surface area contributed by atoms with E-state index in [1.807, 2.05) is 30.3 Å². The van der Waals surface area contributed by atoms with Crippen LogP contribution in [0.2, 0.25) is 5.02 Å². The van der Waals surface area contributed by atoms with Crippen molar-refractivity contribution in [2.75, 3.05) is 0 Å². The Labute approximate surface area is 181 Å². The maximum Gasteiger partial charge on any atom is 0.114 e. The smallest absolute Gasteiger partial charge is 0.114 e. The van der Waals surface area contributed by atoms with Crippen LogP contribution in [0.1, 0.15) is 17.0 Å². The van der Waals surface area contributed by atoms with E-state index < -0.39 is 0 Å². The minimum Gasteiger partial charge on any atom is -0.323 e. The van der Waals surface area contributed by atoms with Crippen LogP contribution in [0, 0.1) is 0 Å². The molecule has 0 atom stereocenters. The molecular formula is C27H21ClN2. The topological polar surface area (TPSA) is 17.8 Å². The zero-order valence-corrected chi connectivity index (χ0v) is 17.3. The van der Waals surface area contributed by atoms with E-state index in [1.165, 1.54) is 16.7 Å². The van der Waals surface area contributed by atoms with Gasteiger partial charge in [0.2, 0.25) is 0 Å². The van der Waals surface area contributed by atoms with Crippen molar-refractivity contribution in [3.8, 4) is 11.1 Å². The third-order valence-corrected chi connectivity index (χ3v) is 5.81. The van der Waals surface area contributed by atoms with Gasteiger partial charge in [-0.1, -0.05) is 96.5 Å². The number of aromatic nitrogens is 2. The molecule has 0 aliphatic heterocycles. The maximum absolute atomic E-state index is 6.45. The molecule has 0 fully saturated rings. The van der Waals surface area contributed by atoms with Crippen molar-refractivity contribution in [2.24, 2.45) is 0 Å². The molecule has 0 aliphatic carbocycles. The van der Waals surface area contributed by atoms with Gasteiger partial charge >= 0.3 is 0 Å². The number of halogens is 1. The van der Waals surface area contributed by atoms with Crippen molar-refractivity contribution < 1.29 is 0 Å². The van der Waals surface area contributed by atoms with Crippen LogP contribution in [0.5, 0.6) is 0 Å². The Morgan fingerprint density at radius 3 is 2.13 bits per heavy atom. The Hall–Kier alpha value is -3.36. The summed E-state index contributed by atoms with van der Waals surface area (Å²) in [6.45, 7) is 0.706. The van der Waals surface area contributed by atoms with E-state index in [2.05, 4.69) is 77.4 Å². The molecule has 5 aromatic rings. The van der Waals surface area contributed by atoms with Gasteiger partial charge in [-0.3, -0.25) is 0 Å². The average molecular weight is 409 g/mol. The summed E-state index contributed by atoms with van der Waals surface area (Å²) >= 11 is 6.45. The summed E-state index contributed by atoms with van der Waals surface area (Å²) in [4.78, 5) is 4.93. The van der Waals surface area contributed by atoms with Crippen LogP contribution in [0.4, 0.5) is 0 Å². The van der Waals surface area contributed by atoms with Crippen molar-refractivity contribution >= 4 is 22.6 Å². The second-order valence-corrected chi connectivity index (χ2v) is 7.84. The molecule has 1 heterocycles. The number of hydrogen-bond donors (Lipinski definition) is 0. The summed E-state index contributed by atoms with van der Waals surface area (Å²) in [6, 6.07) is 35.5. The Kier molecular flexibility index (Phi) is 5.08. The van der Waals surface area contributed by atoms with Crippen LogP contribution in [-0.2, 0) is 13.0 Å². The zero-order valence-electron chi connectivity index (χ0n) is 16.5. The lowest BCUT2D eigenvalue weighted by Crippen LogP contribution is -2.06. The molecule has 0 amide bonds. The summed E-state index contributed by atoms with van der Waals surface area (Å²) in [5.74, 6) is 1.04. The first kappa shape index (κ1) is 18.7. The Balaban J connectivity index is 1.49. The van der Waals surface area contributed by atoms with E-state index in [1.54, 1.807) is 0 Å². The summed E-state index contributed by atoms with van der Waals surface area (Å²) < 4.78 is 2.28. The molecule has 0 radical (unpaired) electrons. The van der Waals surface area contributed by atoms with E-state index in [4.69, 9.17) is 16.6 Å². The molecular weight excluding hydrogens is 388 g/mol. The highest BCUT2D eigenvalue weighted by Crippen LogP contribution is 2.24. The molecule has 0 saturated carbocycles. The molecule has 5 rings (SSSR count). The van der Waals surface area contributed by atoms with Crippen molar-refractivity contribution in [2.45, 2.75) is 13.0 Å². The number of rotatable bonds is 5. The summed E-state index contributed by atoms with van der Waals surface area (Å²) in [6.07, 6.45) is 0.772. The molecule has 30 heavy (non-hydrogen) atoms. The molecule has 0 unspecified atom stereocenters. The Bertz CT molecular complexity index is 1290. The monoisotopic (exact) mass is 408 g/mol. The molecule has 0 aliphatic rings. The normalized spacial score (nSPS) is 11.1. The average Bonchev–Trinajstić information content (AvgIpc) is 3.13. The highest BCUT2D eigenvalue weighted by molar-refractivity contribution is 6.31. The summed E-state index contributed by atoms with van der Waals surface area (Å²) in [5, 5.41) is 0.786. The van der Waals surface area contributed by atoms with Gasteiger partial charge in [0.05, 0.1) is 17.6 Å². The van der Waals surface area contributed by atoms with Gasteiger partial charge in [0.25, 0.3) is 0 Å². The number of fused-ring (bicyclic) bond motifs is 1. The van der Waals surface area contributed by atoms with Crippen molar-refractivity contribution in [3.63, 3.8) is 0 Å². The SMILES string of the molecule is Clc1ccccc1Cn1c(Cc2ccc(-c3ccccc3)cc2)nc2ccccc21. The molecule has 4 aromatic carbocycles. The zero-order chi connectivity index (χ0) is 20.3. The third kappa shape index (κ3) is 3.74. The quantitative estimate of drug-likeness (QED) is 0.306. The lowest BCUT2D eigenvalue weighted by Gasteiger charge is -2.11. The highest BCUT2D eigenvalue weighted by atomic mass is 35.5.